The fourth-order valence-corrected chi connectivity index (χ4v) is 3.55. The molecule has 2 aliphatic rings. The zero-order valence-electron chi connectivity index (χ0n) is 13.7. The van der Waals surface area contributed by atoms with Crippen LogP contribution in [-0.2, 0) is 4.79 Å². The van der Waals surface area contributed by atoms with E-state index in [4.69, 9.17) is 0 Å². The molecule has 0 aromatic rings. The van der Waals surface area contributed by atoms with Crippen LogP contribution in [-0.4, -0.2) is 60.1 Å². The van der Waals surface area contributed by atoms with E-state index in [2.05, 4.69) is 24.8 Å². The maximum absolute atomic E-state index is 12.3. The Kier molecular flexibility index (Phi) is 5.82. The SMILES string of the molecule is CC1=CCC[C@@H](C)[C@@H]1CN(C)CC(=O)N1CCC(O)CC1. The van der Waals surface area contributed by atoms with Gasteiger partial charge in [0.15, 0.2) is 0 Å². The molecular formula is C17H30N2O2. The standard InChI is InChI=1S/C17H30N2O2/c1-13-5-4-6-14(2)16(13)11-18(3)12-17(21)19-9-7-15(20)8-10-19/h5,14-16,20H,4,6-12H2,1-3H3/t14-,16-/m1/s1. The molecule has 1 aliphatic carbocycles. The molecule has 4 heteroatoms. The smallest absolute Gasteiger partial charge is 0.236 e. The summed E-state index contributed by atoms with van der Waals surface area (Å²) in [6, 6.07) is 0. The second-order valence-corrected chi connectivity index (χ2v) is 6.92. The molecule has 0 unspecified atom stereocenters. The molecule has 0 radical (unpaired) electrons. The highest BCUT2D eigenvalue weighted by Crippen LogP contribution is 2.30. The molecule has 4 nitrogen and oxygen atoms in total. The van der Waals surface area contributed by atoms with Gasteiger partial charge in [-0.3, -0.25) is 9.69 Å². The first-order chi connectivity index (χ1) is 9.97. The Bertz CT molecular complexity index is 386. The van der Waals surface area contributed by atoms with Crippen molar-refractivity contribution >= 4 is 5.91 Å². The third-order valence-electron chi connectivity index (χ3n) is 5.09. The van der Waals surface area contributed by atoms with E-state index >= 15 is 0 Å². The maximum Gasteiger partial charge on any atom is 0.236 e. The van der Waals surface area contributed by atoms with Crippen molar-refractivity contribution in [3.8, 4) is 0 Å². The van der Waals surface area contributed by atoms with Crippen molar-refractivity contribution in [3.63, 3.8) is 0 Å². The summed E-state index contributed by atoms with van der Waals surface area (Å²) in [6.07, 6.45) is 6.03. The molecule has 2 rings (SSSR count). The molecule has 1 fully saturated rings. The predicted octanol–water partition coefficient (Wildman–Crippen LogP) is 1.89. The number of amides is 1. The lowest BCUT2D eigenvalue weighted by Gasteiger charge is -2.34. The summed E-state index contributed by atoms with van der Waals surface area (Å²) in [5.41, 5.74) is 1.48. The quantitative estimate of drug-likeness (QED) is 0.805. The Morgan fingerprint density at radius 1 is 1.38 bits per heavy atom. The van der Waals surface area contributed by atoms with Gasteiger partial charge in [0.2, 0.25) is 5.91 Å². The van der Waals surface area contributed by atoms with Crippen molar-refractivity contribution in [2.24, 2.45) is 11.8 Å². The lowest BCUT2D eigenvalue weighted by molar-refractivity contribution is -0.134. The van der Waals surface area contributed by atoms with Gasteiger partial charge in [0.25, 0.3) is 0 Å². The minimum Gasteiger partial charge on any atom is -0.393 e. The van der Waals surface area contributed by atoms with E-state index in [-0.39, 0.29) is 12.0 Å². The van der Waals surface area contributed by atoms with Crippen molar-refractivity contribution < 1.29 is 9.90 Å². The fraction of sp³-hybridized carbons (Fsp3) is 0.824. The van der Waals surface area contributed by atoms with Crippen LogP contribution in [0.4, 0.5) is 0 Å². The van der Waals surface area contributed by atoms with Crippen molar-refractivity contribution in [1.82, 2.24) is 9.80 Å². The first-order valence-corrected chi connectivity index (χ1v) is 8.28. The van der Waals surface area contributed by atoms with Gasteiger partial charge in [0, 0.05) is 19.6 Å². The van der Waals surface area contributed by atoms with Crippen molar-refractivity contribution in [2.75, 3.05) is 33.2 Å². The summed E-state index contributed by atoms with van der Waals surface area (Å²) in [6.45, 7) is 7.41. The Morgan fingerprint density at radius 2 is 2.05 bits per heavy atom. The van der Waals surface area contributed by atoms with E-state index in [0.29, 0.717) is 31.5 Å². The lowest BCUT2D eigenvalue weighted by Crippen LogP contribution is -2.45. The van der Waals surface area contributed by atoms with E-state index in [1.165, 1.54) is 18.4 Å². The van der Waals surface area contributed by atoms with Gasteiger partial charge in [-0.2, -0.15) is 0 Å². The number of aliphatic hydroxyl groups excluding tert-OH is 1. The number of likely N-dealkylation sites (N-methyl/N-ethyl adjacent to an activating group) is 1. The largest absolute Gasteiger partial charge is 0.393 e. The molecule has 120 valence electrons. The van der Waals surface area contributed by atoms with Gasteiger partial charge in [0.05, 0.1) is 12.6 Å². The average molecular weight is 294 g/mol. The number of hydrogen-bond acceptors (Lipinski definition) is 3. The molecule has 1 amide bonds. The number of hydrogen-bond donors (Lipinski definition) is 1. The molecule has 0 saturated carbocycles. The van der Waals surface area contributed by atoms with Gasteiger partial charge in [-0.1, -0.05) is 18.6 Å². The highest BCUT2D eigenvalue weighted by Gasteiger charge is 2.26. The van der Waals surface area contributed by atoms with Gasteiger partial charge in [-0.25, -0.2) is 0 Å². The van der Waals surface area contributed by atoms with Crippen LogP contribution in [0.3, 0.4) is 0 Å². The number of aliphatic hydroxyl groups is 1. The van der Waals surface area contributed by atoms with Crippen LogP contribution in [0.15, 0.2) is 11.6 Å². The summed E-state index contributed by atoms with van der Waals surface area (Å²) in [5, 5.41) is 9.51. The zero-order chi connectivity index (χ0) is 15.4. The molecule has 2 atom stereocenters. The molecule has 1 heterocycles. The molecule has 1 N–H and O–H groups in total. The van der Waals surface area contributed by atoms with Gasteiger partial charge < -0.3 is 10.0 Å². The fourth-order valence-electron chi connectivity index (χ4n) is 3.55. The number of carbonyl (C=O) groups is 1. The highest BCUT2D eigenvalue weighted by molar-refractivity contribution is 5.78. The van der Waals surface area contributed by atoms with Gasteiger partial charge in [-0.05, 0) is 51.5 Å². The Morgan fingerprint density at radius 3 is 2.67 bits per heavy atom. The second kappa shape index (κ2) is 7.41. The van der Waals surface area contributed by atoms with Crippen LogP contribution in [0.1, 0.15) is 39.5 Å². The summed E-state index contributed by atoms with van der Waals surface area (Å²) < 4.78 is 0. The number of nitrogens with zero attached hydrogens (tertiary/aromatic N) is 2. The first-order valence-electron chi connectivity index (χ1n) is 8.28. The van der Waals surface area contributed by atoms with Crippen LogP contribution in [0.25, 0.3) is 0 Å². The van der Waals surface area contributed by atoms with Crippen molar-refractivity contribution in [1.29, 1.82) is 0 Å². The van der Waals surface area contributed by atoms with Gasteiger partial charge in [-0.15, -0.1) is 0 Å². The Hall–Kier alpha value is -0.870. The number of rotatable bonds is 4. The molecule has 0 aromatic carbocycles. The first kappa shape index (κ1) is 16.5. The lowest BCUT2D eigenvalue weighted by atomic mass is 9.80. The van der Waals surface area contributed by atoms with E-state index in [1.54, 1.807) is 0 Å². The van der Waals surface area contributed by atoms with E-state index in [0.717, 1.165) is 19.4 Å². The minimum atomic E-state index is -0.220. The Balaban J connectivity index is 1.81. The van der Waals surface area contributed by atoms with Crippen LogP contribution in [0.5, 0.6) is 0 Å². The normalized spacial score (nSPS) is 27.9. The average Bonchev–Trinajstić information content (AvgIpc) is 2.43. The van der Waals surface area contributed by atoms with Crippen LogP contribution >= 0.6 is 0 Å². The summed E-state index contributed by atoms with van der Waals surface area (Å²) in [5.74, 6) is 1.49. The molecule has 1 saturated heterocycles. The molecule has 0 spiro atoms. The molecule has 0 aromatic heterocycles. The van der Waals surface area contributed by atoms with Gasteiger partial charge >= 0.3 is 0 Å². The third kappa shape index (κ3) is 4.55. The van der Waals surface area contributed by atoms with Crippen LogP contribution < -0.4 is 0 Å². The number of piperidine rings is 1. The van der Waals surface area contributed by atoms with Crippen LogP contribution in [0, 0.1) is 11.8 Å². The summed E-state index contributed by atoms with van der Waals surface area (Å²) >= 11 is 0. The monoisotopic (exact) mass is 294 g/mol. The van der Waals surface area contributed by atoms with Crippen molar-refractivity contribution in [3.05, 3.63) is 11.6 Å². The second-order valence-electron chi connectivity index (χ2n) is 6.92. The molecule has 0 bridgehead atoms. The minimum absolute atomic E-state index is 0.203. The van der Waals surface area contributed by atoms with Crippen LogP contribution in [0.2, 0.25) is 0 Å². The van der Waals surface area contributed by atoms with E-state index in [1.807, 2.05) is 11.9 Å². The van der Waals surface area contributed by atoms with Gasteiger partial charge in [0.1, 0.15) is 0 Å². The number of carbonyl (C=O) groups excluding carboxylic acids is 1. The predicted molar refractivity (Wildman–Crippen MR) is 85.0 cm³/mol. The zero-order valence-corrected chi connectivity index (χ0v) is 13.7. The number of likely N-dealkylation sites (tertiary alicyclic amines) is 1. The molecule has 21 heavy (non-hydrogen) atoms. The molecular weight excluding hydrogens is 264 g/mol. The summed E-state index contributed by atoms with van der Waals surface area (Å²) in [7, 11) is 2.05. The van der Waals surface area contributed by atoms with E-state index in [9.17, 15) is 9.90 Å². The molecule has 1 aliphatic heterocycles. The maximum atomic E-state index is 12.3. The Labute approximate surface area is 128 Å². The summed E-state index contributed by atoms with van der Waals surface area (Å²) in [4.78, 5) is 16.4. The topological polar surface area (TPSA) is 43.8 Å². The van der Waals surface area contributed by atoms with E-state index < -0.39 is 0 Å². The number of allylic oxidation sites excluding steroid dienone is 1. The van der Waals surface area contributed by atoms with Crippen molar-refractivity contribution in [2.45, 2.75) is 45.6 Å². The third-order valence-corrected chi connectivity index (χ3v) is 5.09. The highest BCUT2D eigenvalue weighted by atomic mass is 16.3.